The molecule has 1 amide bonds. The van der Waals surface area contributed by atoms with Crippen molar-refractivity contribution in [2.75, 3.05) is 6.54 Å². The molecule has 0 radical (unpaired) electrons. The number of carbonyl (C=O) groups is 1. The number of terminal acetylenes is 1. The SMILES string of the molecule is C#CCCC1(CCC(=O)N2CC(C)(C)C2c2nccn2CC2CC2)N=N1. The standard InChI is InChI=1S/C20H27N5O/c1-4-5-9-20(22-23-20)10-8-16(26)25-14-19(2,3)17(25)18-21-11-12-24(18)13-15-6-7-15/h1,11-12,15,17H,5-10,13-14H2,2-3H3. The van der Waals surface area contributed by atoms with Crippen molar-refractivity contribution in [2.24, 2.45) is 21.6 Å². The van der Waals surface area contributed by atoms with Gasteiger partial charge in [-0.3, -0.25) is 4.79 Å². The molecule has 0 spiro atoms. The van der Waals surface area contributed by atoms with Gasteiger partial charge in [-0.25, -0.2) is 4.98 Å². The summed E-state index contributed by atoms with van der Waals surface area (Å²) in [5, 5.41) is 8.28. The summed E-state index contributed by atoms with van der Waals surface area (Å²) in [6, 6.07) is 0.0542. The first-order chi connectivity index (χ1) is 12.4. The van der Waals surface area contributed by atoms with Crippen LogP contribution in [0.4, 0.5) is 0 Å². The third kappa shape index (κ3) is 3.27. The van der Waals surface area contributed by atoms with Crippen molar-refractivity contribution in [3.63, 3.8) is 0 Å². The number of nitrogens with zero attached hydrogens (tertiary/aromatic N) is 5. The minimum Gasteiger partial charge on any atom is -0.333 e. The highest BCUT2D eigenvalue weighted by Crippen LogP contribution is 2.49. The predicted molar refractivity (Wildman–Crippen MR) is 98.1 cm³/mol. The van der Waals surface area contributed by atoms with Crippen LogP contribution in [0.3, 0.4) is 0 Å². The maximum absolute atomic E-state index is 12.9. The fraction of sp³-hybridized carbons (Fsp3) is 0.700. The van der Waals surface area contributed by atoms with Crippen LogP contribution in [0.25, 0.3) is 0 Å². The second kappa shape index (κ2) is 6.22. The van der Waals surface area contributed by atoms with Crippen LogP contribution in [0.1, 0.15) is 64.2 Å². The molecule has 0 N–H and O–H groups in total. The van der Waals surface area contributed by atoms with Crippen LogP contribution in [-0.4, -0.2) is 32.6 Å². The third-order valence-corrected chi connectivity index (χ3v) is 5.89. The number of imidazole rings is 1. The van der Waals surface area contributed by atoms with Gasteiger partial charge >= 0.3 is 0 Å². The van der Waals surface area contributed by atoms with Crippen LogP contribution in [0, 0.1) is 23.7 Å². The molecule has 26 heavy (non-hydrogen) atoms. The smallest absolute Gasteiger partial charge is 0.223 e. The molecular formula is C20H27N5O. The summed E-state index contributed by atoms with van der Waals surface area (Å²) < 4.78 is 2.25. The van der Waals surface area contributed by atoms with Gasteiger partial charge in [-0.15, -0.1) is 12.3 Å². The lowest BCUT2D eigenvalue weighted by Crippen LogP contribution is -2.58. The molecule has 6 nitrogen and oxygen atoms in total. The molecule has 0 bridgehead atoms. The van der Waals surface area contributed by atoms with Crippen LogP contribution in [0.15, 0.2) is 22.6 Å². The summed E-state index contributed by atoms with van der Waals surface area (Å²) in [6.45, 7) is 6.24. The number of likely N-dealkylation sites (tertiary alicyclic amines) is 1. The van der Waals surface area contributed by atoms with Crippen LogP contribution < -0.4 is 0 Å². The first-order valence-electron chi connectivity index (χ1n) is 9.62. The van der Waals surface area contributed by atoms with E-state index in [9.17, 15) is 4.79 Å². The van der Waals surface area contributed by atoms with E-state index in [1.807, 2.05) is 11.1 Å². The van der Waals surface area contributed by atoms with Gasteiger partial charge in [-0.05, 0) is 18.8 Å². The highest BCUT2D eigenvalue weighted by atomic mass is 16.2. The van der Waals surface area contributed by atoms with Crippen molar-refractivity contribution in [1.82, 2.24) is 14.5 Å². The molecule has 138 valence electrons. The van der Waals surface area contributed by atoms with Crippen LogP contribution in [0.2, 0.25) is 0 Å². The fourth-order valence-corrected chi connectivity index (χ4v) is 4.07. The molecule has 6 heteroatoms. The summed E-state index contributed by atoms with van der Waals surface area (Å²) in [5.41, 5.74) is -0.333. The average molecular weight is 353 g/mol. The Morgan fingerprint density at radius 1 is 1.35 bits per heavy atom. The Labute approximate surface area is 155 Å². The average Bonchev–Trinajstić information content (AvgIpc) is 3.51. The van der Waals surface area contributed by atoms with Gasteiger partial charge < -0.3 is 9.47 Å². The van der Waals surface area contributed by atoms with Gasteiger partial charge in [0, 0.05) is 56.6 Å². The first-order valence-corrected chi connectivity index (χ1v) is 9.62. The number of amides is 1. The zero-order valence-electron chi connectivity index (χ0n) is 15.7. The molecule has 1 aliphatic carbocycles. The number of carbonyl (C=O) groups excluding carboxylic acids is 1. The van der Waals surface area contributed by atoms with Gasteiger partial charge in [-0.1, -0.05) is 13.8 Å². The van der Waals surface area contributed by atoms with Crippen LogP contribution in [0.5, 0.6) is 0 Å². The van der Waals surface area contributed by atoms with E-state index in [2.05, 4.69) is 45.7 Å². The monoisotopic (exact) mass is 353 g/mol. The van der Waals surface area contributed by atoms with Gasteiger partial charge in [0.05, 0.1) is 6.04 Å². The normalized spacial score (nSPS) is 24.8. The van der Waals surface area contributed by atoms with E-state index in [1.54, 1.807) is 0 Å². The zero-order chi connectivity index (χ0) is 18.4. The van der Waals surface area contributed by atoms with E-state index in [1.165, 1.54) is 12.8 Å². The highest BCUT2D eigenvalue weighted by Gasteiger charge is 2.51. The molecule has 1 unspecified atom stereocenters. The fourth-order valence-electron chi connectivity index (χ4n) is 4.07. The molecule has 1 saturated heterocycles. The molecule has 2 fully saturated rings. The van der Waals surface area contributed by atoms with E-state index < -0.39 is 0 Å². The molecule has 1 saturated carbocycles. The van der Waals surface area contributed by atoms with Gasteiger partial charge in [0.1, 0.15) is 5.82 Å². The van der Waals surface area contributed by atoms with Crippen molar-refractivity contribution in [3.8, 4) is 12.3 Å². The molecule has 1 aromatic heterocycles. The minimum absolute atomic E-state index is 0.0534. The number of rotatable bonds is 8. The number of hydrogen-bond acceptors (Lipinski definition) is 4. The van der Waals surface area contributed by atoms with Gasteiger partial charge in [0.2, 0.25) is 5.91 Å². The Morgan fingerprint density at radius 2 is 2.12 bits per heavy atom. The Morgan fingerprint density at radius 3 is 2.73 bits per heavy atom. The van der Waals surface area contributed by atoms with E-state index in [0.717, 1.165) is 31.3 Å². The van der Waals surface area contributed by atoms with Crippen LogP contribution in [-0.2, 0) is 11.3 Å². The van der Waals surface area contributed by atoms with Crippen molar-refractivity contribution < 1.29 is 4.79 Å². The second-order valence-electron chi connectivity index (χ2n) is 8.68. The number of hydrogen-bond donors (Lipinski definition) is 0. The molecular weight excluding hydrogens is 326 g/mol. The Bertz CT molecular complexity index is 761. The van der Waals surface area contributed by atoms with Crippen LogP contribution >= 0.6 is 0 Å². The van der Waals surface area contributed by atoms with Crippen molar-refractivity contribution in [1.29, 1.82) is 0 Å². The lowest BCUT2D eigenvalue weighted by molar-refractivity contribution is -0.153. The van der Waals surface area contributed by atoms with E-state index in [4.69, 9.17) is 6.42 Å². The summed E-state index contributed by atoms with van der Waals surface area (Å²) in [4.78, 5) is 19.5. The van der Waals surface area contributed by atoms with E-state index >= 15 is 0 Å². The van der Waals surface area contributed by atoms with Gasteiger partial charge in [-0.2, -0.15) is 10.2 Å². The summed E-state index contributed by atoms with van der Waals surface area (Å²) in [7, 11) is 0. The largest absolute Gasteiger partial charge is 0.333 e. The quantitative estimate of drug-likeness (QED) is 0.671. The first kappa shape index (κ1) is 17.3. The molecule has 2 aliphatic heterocycles. The molecule has 0 aromatic carbocycles. The third-order valence-electron chi connectivity index (χ3n) is 5.89. The Hall–Kier alpha value is -2.16. The molecule has 3 aliphatic rings. The zero-order valence-corrected chi connectivity index (χ0v) is 15.7. The lowest BCUT2D eigenvalue weighted by atomic mass is 9.74. The van der Waals surface area contributed by atoms with Crippen molar-refractivity contribution in [2.45, 2.75) is 70.6 Å². The van der Waals surface area contributed by atoms with E-state index in [0.29, 0.717) is 19.3 Å². The van der Waals surface area contributed by atoms with Crippen molar-refractivity contribution in [3.05, 3.63) is 18.2 Å². The molecule has 4 rings (SSSR count). The van der Waals surface area contributed by atoms with Gasteiger partial charge in [0.15, 0.2) is 5.66 Å². The highest BCUT2D eigenvalue weighted by molar-refractivity contribution is 5.78. The lowest BCUT2D eigenvalue weighted by Gasteiger charge is -2.53. The molecule has 3 heterocycles. The maximum Gasteiger partial charge on any atom is 0.223 e. The summed E-state index contributed by atoms with van der Waals surface area (Å²) in [6.07, 6.45) is 14.4. The second-order valence-corrected chi connectivity index (χ2v) is 8.68. The Kier molecular flexibility index (Phi) is 4.13. The topological polar surface area (TPSA) is 62.9 Å². The molecule has 1 atom stereocenters. The van der Waals surface area contributed by atoms with E-state index in [-0.39, 0.29) is 23.0 Å². The minimum atomic E-state index is -0.387. The van der Waals surface area contributed by atoms with Crippen molar-refractivity contribution >= 4 is 5.91 Å². The van der Waals surface area contributed by atoms with Gasteiger partial charge in [0.25, 0.3) is 0 Å². The maximum atomic E-state index is 12.9. The Balaban J connectivity index is 1.41. The number of aromatic nitrogens is 2. The predicted octanol–water partition coefficient (Wildman–Crippen LogP) is 3.56. The summed E-state index contributed by atoms with van der Waals surface area (Å²) >= 11 is 0. The molecule has 1 aromatic rings. The summed E-state index contributed by atoms with van der Waals surface area (Å²) in [5.74, 6) is 4.62.